The standard InChI is InChI=1S/C24H25N5OS/c1-17-21(18(2)29(26-17)20-13-9-6-10-14-20)16-27(3)23(30)22-15-25-24(31-4)28(22)19-11-7-5-8-12-19/h5-15H,16H2,1-4H3. The molecule has 2 aromatic carbocycles. The Bertz CT molecular complexity index is 1200. The molecule has 0 bridgehead atoms. The summed E-state index contributed by atoms with van der Waals surface area (Å²) < 4.78 is 3.85. The molecule has 1 amide bonds. The smallest absolute Gasteiger partial charge is 0.272 e. The quantitative estimate of drug-likeness (QED) is 0.416. The highest BCUT2D eigenvalue weighted by atomic mass is 32.2. The van der Waals surface area contributed by atoms with E-state index in [0.29, 0.717) is 12.2 Å². The second kappa shape index (κ2) is 8.81. The molecule has 31 heavy (non-hydrogen) atoms. The van der Waals surface area contributed by atoms with Gasteiger partial charge in [0.05, 0.1) is 17.6 Å². The molecule has 0 N–H and O–H groups in total. The number of amides is 1. The maximum absolute atomic E-state index is 13.4. The van der Waals surface area contributed by atoms with Gasteiger partial charge in [-0.05, 0) is 44.4 Å². The highest BCUT2D eigenvalue weighted by Crippen LogP contribution is 2.24. The van der Waals surface area contributed by atoms with E-state index in [1.807, 2.05) is 97.1 Å². The van der Waals surface area contributed by atoms with Gasteiger partial charge in [-0.2, -0.15) is 5.10 Å². The van der Waals surface area contributed by atoms with Crippen molar-refractivity contribution in [2.75, 3.05) is 13.3 Å². The largest absolute Gasteiger partial charge is 0.336 e. The van der Waals surface area contributed by atoms with Crippen molar-refractivity contribution in [2.45, 2.75) is 25.5 Å². The highest BCUT2D eigenvalue weighted by molar-refractivity contribution is 7.98. The van der Waals surface area contributed by atoms with Crippen LogP contribution >= 0.6 is 11.8 Å². The SMILES string of the molecule is CSc1ncc(C(=O)N(C)Cc2c(C)nn(-c3ccccc3)c2C)n1-c1ccccc1. The molecule has 0 spiro atoms. The molecule has 0 saturated heterocycles. The van der Waals surface area contributed by atoms with Crippen molar-refractivity contribution in [3.8, 4) is 11.4 Å². The van der Waals surface area contributed by atoms with Gasteiger partial charge in [0, 0.05) is 30.5 Å². The van der Waals surface area contributed by atoms with Crippen LogP contribution in [-0.2, 0) is 6.54 Å². The third kappa shape index (κ3) is 4.01. The summed E-state index contributed by atoms with van der Waals surface area (Å²) in [6.45, 7) is 4.50. The fourth-order valence-electron chi connectivity index (χ4n) is 3.69. The molecule has 0 saturated carbocycles. The first kappa shape index (κ1) is 20.9. The number of carbonyl (C=O) groups is 1. The van der Waals surface area contributed by atoms with Crippen LogP contribution in [0.25, 0.3) is 11.4 Å². The molecular formula is C24H25N5OS. The van der Waals surface area contributed by atoms with Gasteiger partial charge in [0.25, 0.3) is 5.91 Å². The van der Waals surface area contributed by atoms with E-state index in [2.05, 4.69) is 4.98 Å². The minimum Gasteiger partial charge on any atom is -0.336 e. The number of thioether (sulfide) groups is 1. The van der Waals surface area contributed by atoms with Gasteiger partial charge in [-0.3, -0.25) is 9.36 Å². The van der Waals surface area contributed by atoms with Crippen molar-refractivity contribution >= 4 is 17.7 Å². The van der Waals surface area contributed by atoms with Gasteiger partial charge in [-0.15, -0.1) is 0 Å². The van der Waals surface area contributed by atoms with E-state index in [9.17, 15) is 4.79 Å². The number of imidazole rings is 1. The number of carbonyl (C=O) groups excluding carboxylic acids is 1. The lowest BCUT2D eigenvalue weighted by Crippen LogP contribution is -2.28. The predicted molar refractivity (Wildman–Crippen MR) is 124 cm³/mol. The summed E-state index contributed by atoms with van der Waals surface area (Å²) >= 11 is 1.52. The Hall–Kier alpha value is -3.32. The van der Waals surface area contributed by atoms with Crippen molar-refractivity contribution in [2.24, 2.45) is 0 Å². The van der Waals surface area contributed by atoms with Crippen molar-refractivity contribution in [1.82, 2.24) is 24.2 Å². The first-order valence-electron chi connectivity index (χ1n) is 10.0. The second-order valence-electron chi connectivity index (χ2n) is 7.36. The number of nitrogens with zero attached hydrogens (tertiary/aromatic N) is 5. The summed E-state index contributed by atoms with van der Waals surface area (Å²) in [5, 5.41) is 5.49. The maximum atomic E-state index is 13.4. The maximum Gasteiger partial charge on any atom is 0.272 e. The van der Waals surface area contributed by atoms with Gasteiger partial charge in [-0.25, -0.2) is 9.67 Å². The molecule has 7 heteroatoms. The van der Waals surface area contributed by atoms with Crippen LogP contribution in [0.1, 0.15) is 27.4 Å². The van der Waals surface area contributed by atoms with E-state index >= 15 is 0 Å². The Balaban J connectivity index is 1.64. The van der Waals surface area contributed by atoms with Gasteiger partial charge < -0.3 is 4.90 Å². The molecule has 0 radical (unpaired) electrons. The molecule has 0 atom stereocenters. The Labute approximate surface area is 186 Å². The van der Waals surface area contributed by atoms with Crippen molar-refractivity contribution in [3.63, 3.8) is 0 Å². The summed E-state index contributed by atoms with van der Waals surface area (Å²) in [4.78, 5) is 19.6. The number of para-hydroxylation sites is 2. The summed E-state index contributed by atoms with van der Waals surface area (Å²) in [6.07, 6.45) is 3.62. The highest BCUT2D eigenvalue weighted by Gasteiger charge is 2.23. The fourth-order valence-corrected chi connectivity index (χ4v) is 4.23. The summed E-state index contributed by atoms with van der Waals surface area (Å²) in [5.74, 6) is -0.0806. The minimum absolute atomic E-state index is 0.0806. The van der Waals surface area contributed by atoms with Crippen molar-refractivity contribution in [1.29, 1.82) is 0 Å². The number of hydrogen-bond donors (Lipinski definition) is 0. The Morgan fingerprint density at radius 3 is 2.23 bits per heavy atom. The van der Waals surface area contributed by atoms with E-state index < -0.39 is 0 Å². The monoisotopic (exact) mass is 431 g/mol. The molecule has 0 fully saturated rings. The van der Waals surface area contributed by atoms with Gasteiger partial charge in [-0.1, -0.05) is 48.2 Å². The van der Waals surface area contributed by atoms with Crippen LogP contribution in [0, 0.1) is 13.8 Å². The van der Waals surface area contributed by atoms with Crippen molar-refractivity contribution in [3.05, 3.63) is 89.5 Å². The number of aryl methyl sites for hydroxylation is 1. The summed E-state index contributed by atoms with van der Waals surface area (Å²) in [7, 11) is 1.82. The zero-order valence-corrected chi connectivity index (χ0v) is 18.9. The van der Waals surface area contributed by atoms with Gasteiger partial charge in [0.2, 0.25) is 0 Å². The molecular weight excluding hydrogens is 406 g/mol. The molecule has 0 aliphatic carbocycles. The van der Waals surface area contributed by atoms with Crippen LogP contribution in [0.3, 0.4) is 0 Å². The lowest BCUT2D eigenvalue weighted by molar-refractivity contribution is 0.0776. The molecule has 0 aliphatic rings. The Morgan fingerprint density at radius 2 is 1.61 bits per heavy atom. The second-order valence-corrected chi connectivity index (χ2v) is 8.13. The van der Waals surface area contributed by atoms with E-state index in [0.717, 1.165) is 33.5 Å². The molecule has 0 unspecified atom stereocenters. The average Bonchev–Trinajstić information content (AvgIpc) is 3.36. The first-order chi connectivity index (χ1) is 15.0. The third-order valence-corrected chi connectivity index (χ3v) is 5.98. The normalized spacial score (nSPS) is 11.0. The zero-order valence-electron chi connectivity index (χ0n) is 18.1. The Kier molecular flexibility index (Phi) is 5.95. The molecule has 4 rings (SSSR count). The van der Waals surface area contributed by atoms with E-state index in [1.54, 1.807) is 11.1 Å². The Morgan fingerprint density at radius 1 is 1.00 bits per heavy atom. The molecule has 6 nitrogen and oxygen atoms in total. The number of benzene rings is 2. The van der Waals surface area contributed by atoms with Crippen LogP contribution < -0.4 is 0 Å². The number of hydrogen-bond acceptors (Lipinski definition) is 4. The lowest BCUT2D eigenvalue weighted by atomic mass is 10.2. The van der Waals surface area contributed by atoms with Crippen LogP contribution in [0.4, 0.5) is 0 Å². The zero-order chi connectivity index (χ0) is 22.0. The van der Waals surface area contributed by atoms with Crippen molar-refractivity contribution < 1.29 is 4.79 Å². The molecule has 2 heterocycles. The first-order valence-corrected chi connectivity index (χ1v) is 11.3. The van der Waals surface area contributed by atoms with E-state index in [4.69, 9.17) is 5.10 Å². The summed E-state index contributed by atoms with van der Waals surface area (Å²) in [6, 6.07) is 19.9. The molecule has 2 aromatic heterocycles. The van der Waals surface area contributed by atoms with Crippen LogP contribution in [0.5, 0.6) is 0 Å². The predicted octanol–water partition coefficient (Wildman–Crippen LogP) is 4.67. The van der Waals surface area contributed by atoms with Gasteiger partial charge >= 0.3 is 0 Å². The minimum atomic E-state index is -0.0806. The topological polar surface area (TPSA) is 56.0 Å². The molecule has 4 aromatic rings. The van der Waals surface area contributed by atoms with E-state index in [1.165, 1.54) is 11.8 Å². The van der Waals surface area contributed by atoms with E-state index in [-0.39, 0.29) is 5.91 Å². The number of rotatable bonds is 6. The fraction of sp³-hybridized carbons (Fsp3) is 0.208. The van der Waals surface area contributed by atoms with Gasteiger partial charge in [0.15, 0.2) is 5.16 Å². The third-order valence-electron chi connectivity index (χ3n) is 5.33. The van der Waals surface area contributed by atoms with Gasteiger partial charge in [0.1, 0.15) is 5.69 Å². The lowest BCUT2D eigenvalue weighted by Gasteiger charge is -2.19. The average molecular weight is 432 g/mol. The van der Waals surface area contributed by atoms with Crippen LogP contribution in [0.2, 0.25) is 0 Å². The van der Waals surface area contributed by atoms with Crippen LogP contribution in [-0.4, -0.2) is 43.4 Å². The number of aromatic nitrogens is 4. The molecule has 0 aliphatic heterocycles. The molecule has 158 valence electrons. The van der Waals surface area contributed by atoms with Crippen LogP contribution in [0.15, 0.2) is 72.0 Å². The summed E-state index contributed by atoms with van der Waals surface area (Å²) in [5.41, 5.74) is 5.48.